The van der Waals surface area contributed by atoms with Gasteiger partial charge in [0.25, 0.3) is 0 Å². The van der Waals surface area contributed by atoms with Crippen molar-refractivity contribution in [3.8, 4) is 33.4 Å². The Morgan fingerprint density at radius 1 is 0.346 bits per heavy atom. The van der Waals surface area contributed by atoms with Crippen molar-refractivity contribution in [1.82, 2.24) is 0 Å². The maximum absolute atomic E-state index is 6.78. The molecule has 0 atom stereocenters. The molecule has 1 heterocycles. The van der Waals surface area contributed by atoms with E-state index < -0.39 is 0 Å². The monoisotopic (exact) mass is 663 g/mol. The van der Waals surface area contributed by atoms with E-state index >= 15 is 0 Å². The van der Waals surface area contributed by atoms with Crippen LogP contribution in [0.5, 0.6) is 0 Å². The van der Waals surface area contributed by atoms with E-state index in [1.165, 1.54) is 33.0 Å². The summed E-state index contributed by atoms with van der Waals surface area (Å²) < 4.78 is 6.78. The van der Waals surface area contributed by atoms with Crippen LogP contribution < -0.4 is 4.90 Å². The second-order valence-corrected chi connectivity index (χ2v) is 13.3. The van der Waals surface area contributed by atoms with Gasteiger partial charge in [-0.05, 0) is 80.6 Å². The predicted molar refractivity (Wildman–Crippen MR) is 220 cm³/mol. The van der Waals surface area contributed by atoms with Gasteiger partial charge in [0, 0.05) is 32.9 Å². The van der Waals surface area contributed by atoms with Gasteiger partial charge in [-0.2, -0.15) is 0 Å². The summed E-state index contributed by atoms with van der Waals surface area (Å²) in [6, 6.07) is 71.7. The first-order valence-electron chi connectivity index (χ1n) is 17.8. The molecule has 52 heavy (non-hydrogen) atoms. The summed E-state index contributed by atoms with van der Waals surface area (Å²) in [7, 11) is 0. The van der Waals surface area contributed by atoms with Gasteiger partial charge in [0.15, 0.2) is 0 Å². The number of furan rings is 1. The Morgan fingerprint density at radius 2 is 0.942 bits per heavy atom. The van der Waals surface area contributed by atoms with Crippen molar-refractivity contribution in [2.45, 2.75) is 0 Å². The van der Waals surface area contributed by atoms with Gasteiger partial charge < -0.3 is 9.32 Å². The van der Waals surface area contributed by atoms with Crippen LogP contribution in [0, 0.1) is 0 Å². The van der Waals surface area contributed by atoms with E-state index in [-0.39, 0.29) is 0 Å². The lowest BCUT2D eigenvalue weighted by atomic mass is 9.95. The Kier molecular flexibility index (Phi) is 7.18. The lowest BCUT2D eigenvalue weighted by Crippen LogP contribution is -2.10. The fourth-order valence-corrected chi connectivity index (χ4v) is 7.73. The van der Waals surface area contributed by atoms with Gasteiger partial charge in [-0.1, -0.05) is 164 Å². The zero-order valence-corrected chi connectivity index (χ0v) is 28.4. The molecule has 0 saturated carbocycles. The predicted octanol–water partition coefficient (Wildman–Crippen LogP) is 14.4. The summed E-state index contributed by atoms with van der Waals surface area (Å²) in [5.41, 5.74) is 12.1. The SMILES string of the molecule is c1ccc(-c2ccc(-c3cccc4oc5c6ccccc6c(N(c6cccc(-c7ccccc7)c6)c6ccc7ccccc7c6)cc5c34)cc2)cc1. The largest absolute Gasteiger partial charge is 0.455 e. The minimum absolute atomic E-state index is 0.880. The zero-order chi connectivity index (χ0) is 34.4. The number of hydrogen-bond acceptors (Lipinski definition) is 2. The standard InChI is InChI=1S/C50H33NO/c1-3-13-34(14-4-1)37-25-27-38(28-26-37)43-23-12-24-48-49(43)46-33-47(44-21-9-10-22-45(44)50(46)52-48)51(42-30-29-36-17-7-8-18-39(36)32-42)41-20-11-19-40(31-41)35-15-5-2-6-16-35/h1-33H. The van der Waals surface area contributed by atoms with Crippen molar-refractivity contribution in [1.29, 1.82) is 0 Å². The maximum atomic E-state index is 6.78. The molecule has 0 spiro atoms. The van der Waals surface area contributed by atoms with E-state index in [0.29, 0.717) is 0 Å². The highest BCUT2D eigenvalue weighted by molar-refractivity contribution is 6.22. The number of anilines is 3. The molecule has 0 radical (unpaired) electrons. The Morgan fingerprint density at radius 3 is 1.73 bits per heavy atom. The summed E-state index contributed by atoms with van der Waals surface area (Å²) in [5.74, 6) is 0. The highest BCUT2D eigenvalue weighted by Gasteiger charge is 2.22. The van der Waals surface area contributed by atoms with Crippen molar-refractivity contribution >= 4 is 60.5 Å². The smallest absolute Gasteiger partial charge is 0.143 e. The van der Waals surface area contributed by atoms with Crippen LogP contribution in [0.3, 0.4) is 0 Å². The minimum Gasteiger partial charge on any atom is -0.455 e. The van der Waals surface area contributed by atoms with Gasteiger partial charge in [-0.25, -0.2) is 0 Å². The molecule has 0 unspecified atom stereocenters. The quantitative estimate of drug-likeness (QED) is 0.176. The second kappa shape index (κ2) is 12.5. The number of benzene rings is 9. The summed E-state index contributed by atoms with van der Waals surface area (Å²) in [5, 5.41) is 6.84. The van der Waals surface area contributed by atoms with Crippen LogP contribution in [-0.4, -0.2) is 0 Å². The van der Waals surface area contributed by atoms with Crippen LogP contribution in [0.1, 0.15) is 0 Å². The molecular formula is C50H33NO. The van der Waals surface area contributed by atoms with E-state index in [9.17, 15) is 0 Å². The van der Waals surface area contributed by atoms with Crippen molar-refractivity contribution in [2.24, 2.45) is 0 Å². The van der Waals surface area contributed by atoms with Crippen LogP contribution >= 0.6 is 0 Å². The molecule has 0 amide bonds. The molecule has 10 aromatic rings. The Balaban J connectivity index is 1.23. The van der Waals surface area contributed by atoms with E-state index in [0.717, 1.165) is 60.9 Å². The van der Waals surface area contributed by atoms with Crippen molar-refractivity contribution in [3.05, 3.63) is 200 Å². The third-order valence-corrected chi connectivity index (χ3v) is 10.2. The summed E-state index contributed by atoms with van der Waals surface area (Å²) in [6.45, 7) is 0. The van der Waals surface area contributed by atoms with Crippen LogP contribution in [0.2, 0.25) is 0 Å². The lowest BCUT2D eigenvalue weighted by molar-refractivity contribution is 0.673. The lowest BCUT2D eigenvalue weighted by Gasteiger charge is -2.28. The van der Waals surface area contributed by atoms with E-state index in [4.69, 9.17) is 4.42 Å². The van der Waals surface area contributed by atoms with Crippen molar-refractivity contribution < 1.29 is 4.42 Å². The molecule has 1 aromatic heterocycles. The molecule has 2 heteroatoms. The molecule has 2 nitrogen and oxygen atoms in total. The molecule has 0 N–H and O–H groups in total. The Hall–Kier alpha value is -6.90. The summed E-state index contributed by atoms with van der Waals surface area (Å²) >= 11 is 0. The first-order chi connectivity index (χ1) is 25.8. The molecule has 0 saturated heterocycles. The number of rotatable bonds is 6. The summed E-state index contributed by atoms with van der Waals surface area (Å²) in [4.78, 5) is 2.41. The van der Waals surface area contributed by atoms with Crippen LogP contribution in [0.15, 0.2) is 205 Å². The Labute approximate surface area is 302 Å². The zero-order valence-electron chi connectivity index (χ0n) is 28.4. The number of nitrogens with zero attached hydrogens (tertiary/aromatic N) is 1. The van der Waals surface area contributed by atoms with Gasteiger partial charge in [-0.15, -0.1) is 0 Å². The van der Waals surface area contributed by atoms with Crippen molar-refractivity contribution in [2.75, 3.05) is 4.90 Å². The second-order valence-electron chi connectivity index (χ2n) is 13.3. The topological polar surface area (TPSA) is 16.4 Å². The summed E-state index contributed by atoms with van der Waals surface area (Å²) in [6.07, 6.45) is 0. The van der Waals surface area contributed by atoms with Gasteiger partial charge in [-0.3, -0.25) is 0 Å². The third kappa shape index (κ3) is 5.12. The van der Waals surface area contributed by atoms with Gasteiger partial charge in [0.1, 0.15) is 11.2 Å². The number of hydrogen-bond donors (Lipinski definition) is 0. The maximum Gasteiger partial charge on any atom is 0.143 e. The molecule has 244 valence electrons. The van der Waals surface area contributed by atoms with E-state index in [1.807, 2.05) is 0 Å². The van der Waals surface area contributed by atoms with Crippen LogP contribution in [0.4, 0.5) is 17.1 Å². The normalized spacial score (nSPS) is 11.5. The first kappa shape index (κ1) is 30.0. The average Bonchev–Trinajstić information content (AvgIpc) is 3.61. The molecule has 0 aliphatic heterocycles. The average molecular weight is 664 g/mol. The fourth-order valence-electron chi connectivity index (χ4n) is 7.73. The molecule has 10 rings (SSSR count). The molecule has 9 aromatic carbocycles. The molecule has 0 aliphatic carbocycles. The van der Waals surface area contributed by atoms with Gasteiger partial charge in [0.05, 0.1) is 5.69 Å². The highest BCUT2D eigenvalue weighted by Crippen LogP contribution is 2.47. The van der Waals surface area contributed by atoms with Crippen LogP contribution in [0.25, 0.3) is 76.9 Å². The highest BCUT2D eigenvalue weighted by atomic mass is 16.3. The van der Waals surface area contributed by atoms with E-state index in [2.05, 4.69) is 205 Å². The third-order valence-electron chi connectivity index (χ3n) is 10.2. The van der Waals surface area contributed by atoms with Crippen LogP contribution in [-0.2, 0) is 0 Å². The molecule has 0 bridgehead atoms. The van der Waals surface area contributed by atoms with Gasteiger partial charge >= 0.3 is 0 Å². The van der Waals surface area contributed by atoms with E-state index in [1.54, 1.807) is 0 Å². The molecule has 0 aliphatic rings. The molecule has 0 fully saturated rings. The fraction of sp³-hybridized carbons (Fsp3) is 0. The van der Waals surface area contributed by atoms with Crippen molar-refractivity contribution in [3.63, 3.8) is 0 Å². The number of fused-ring (bicyclic) bond motifs is 6. The molecular weight excluding hydrogens is 631 g/mol. The minimum atomic E-state index is 0.880. The Bertz CT molecular complexity index is 2890. The van der Waals surface area contributed by atoms with Gasteiger partial charge in [0.2, 0.25) is 0 Å². The first-order valence-corrected chi connectivity index (χ1v) is 17.8.